The van der Waals surface area contributed by atoms with E-state index < -0.39 is 0 Å². The van der Waals surface area contributed by atoms with Gasteiger partial charge in [0.2, 0.25) is 0 Å². The van der Waals surface area contributed by atoms with Gasteiger partial charge in [0.1, 0.15) is 5.75 Å². The van der Waals surface area contributed by atoms with Gasteiger partial charge in [0.25, 0.3) is 0 Å². The Bertz CT molecular complexity index is 531. The number of aryl methyl sites for hydroxylation is 1. The Morgan fingerprint density at radius 1 is 1.00 bits per heavy atom. The van der Waals surface area contributed by atoms with Gasteiger partial charge in [-0.2, -0.15) is 0 Å². The number of nitrogens with one attached hydrogen (secondary N) is 1. The van der Waals surface area contributed by atoms with E-state index in [1.165, 1.54) is 11.1 Å². The van der Waals surface area contributed by atoms with Crippen molar-refractivity contribution in [3.8, 4) is 5.75 Å². The van der Waals surface area contributed by atoms with Gasteiger partial charge in [-0.05, 0) is 44.0 Å². The van der Waals surface area contributed by atoms with Crippen molar-refractivity contribution in [3.63, 3.8) is 0 Å². The zero-order valence-electron chi connectivity index (χ0n) is 12.5. The Kier molecular flexibility index (Phi) is 5.05. The maximum Gasteiger partial charge on any atom is 0.124 e. The molecule has 0 aromatic heterocycles. The Morgan fingerprint density at radius 2 is 1.70 bits per heavy atom. The van der Waals surface area contributed by atoms with E-state index >= 15 is 0 Å². The number of benzene rings is 2. The van der Waals surface area contributed by atoms with E-state index in [9.17, 15) is 0 Å². The summed E-state index contributed by atoms with van der Waals surface area (Å²) in [5.74, 6) is 0.958. The lowest BCUT2D eigenvalue weighted by molar-refractivity contribution is 0.240. The van der Waals surface area contributed by atoms with Crippen LogP contribution in [0.3, 0.4) is 0 Å². The lowest BCUT2D eigenvalue weighted by atomic mass is 10.1. The standard InChI is InChI=1S/C18H23NO/c1-4-15-9-11-17(12-10-15)19-13-16-7-5-6-8-18(16)20-14(2)3/h5-12,14,19H,4,13H2,1-3H3. The third-order valence-electron chi connectivity index (χ3n) is 3.18. The van der Waals surface area contributed by atoms with Gasteiger partial charge < -0.3 is 10.1 Å². The molecule has 2 rings (SSSR count). The first-order valence-corrected chi connectivity index (χ1v) is 7.26. The third-order valence-corrected chi connectivity index (χ3v) is 3.18. The van der Waals surface area contributed by atoms with Gasteiger partial charge in [0.15, 0.2) is 0 Å². The first-order chi connectivity index (χ1) is 9.69. The van der Waals surface area contributed by atoms with Crippen LogP contribution in [0.1, 0.15) is 31.9 Å². The van der Waals surface area contributed by atoms with E-state index in [4.69, 9.17) is 4.74 Å². The van der Waals surface area contributed by atoms with Crippen LogP contribution in [0.4, 0.5) is 5.69 Å². The molecule has 0 aliphatic heterocycles. The summed E-state index contributed by atoms with van der Waals surface area (Å²) in [6.07, 6.45) is 1.27. The van der Waals surface area contributed by atoms with E-state index in [2.05, 4.69) is 42.6 Å². The summed E-state index contributed by atoms with van der Waals surface area (Å²) in [5.41, 5.74) is 3.68. The first-order valence-electron chi connectivity index (χ1n) is 7.26. The molecule has 1 N–H and O–H groups in total. The molecule has 20 heavy (non-hydrogen) atoms. The second kappa shape index (κ2) is 6.99. The fourth-order valence-corrected chi connectivity index (χ4v) is 2.07. The van der Waals surface area contributed by atoms with Crippen molar-refractivity contribution in [2.45, 2.75) is 39.8 Å². The number of para-hydroxylation sites is 1. The second-order valence-corrected chi connectivity index (χ2v) is 5.18. The van der Waals surface area contributed by atoms with Crippen LogP contribution in [0, 0.1) is 0 Å². The molecule has 0 amide bonds. The normalized spacial score (nSPS) is 10.6. The van der Waals surface area contributed by atoms with Crippen molar-refractivity contribution in [1.29, 1.82) is 0 Å². The van der Waals surface area contributed by atoms with E-state index in [1.54, 1.807) is 0 Å². The average Bonchev–Trinajstić information content (AvgIpc) is 2.46. The zero-order valence-corrected chi connectivity index (χ0v) is 12.5. The van der Waals surface area contributed by atoms with Gasteiger partial charge in [-0.1, -0.05) is 37.3 Å². The van der Waals surface area contributed by atoms with Crippen LogP contribution < -0.4 is 10.1 Å². The van der Waals surface area contributed by atoms with Crippen LogP contribution in [0.5, 0.6) is 5.75 Å². The van der Waals surface area contributed by atoms with E-state index in [0.29, 0.717) is 0 Å². The van der Waals surface area contributed by atoms with Crippen LogP contribution in [0.25, 0.3) is 0 Å². The fraction of sp³-hybridized carbons (Fsp3) is 0.333. The summed E-state index contributed by atoms with van der Waals surface area (Å²) in [4.78, 5) is 0. The first kappa shape index (κ1) is 14.4. The van der Waals surface area contributed by atoms with E-state index in [0.717, 1.165) is 24.4 Å². The van der Waals surface area contributed by atoms with Crippen molar-refractivity contribution >= 4 is 5.69 Å². The summed E-state index contributed by atoms with van der Waals surface area (Å²) in [5, 5.41) is 3.45. The van der Waals surface area contributed by atoms with Gasteiger partial charge in [-0.15, -0.1) is 0 Å². The van der Waals surface area contributed by atoms with Crippen molar-refractivity contribution in [3.05, 3.63) is 59.7 Å². The third kappa shape index (κ3) is 4.02. The van der Waals surface area contributed by atoms with Gasteiger partial charge in [-0.25, -0.2) is 0 Å². The van der Waals surface area contributed by atoms with Crippen molar-refractivity contribution in [2.24, 2.45) is 0 Å². The predicted molar refractivity (Wildman–Crippen MR) is 85.4 cm³/mol. The molecule has 0 saturated carbocycles. The molecule has 0 bridgehead atoms. The van der Waals surface area contributed by atoms with Crippen molar-refractivity contribution < 1.29 is 4.74 Å². The molecule has 2 heteroatoms. The predicted octanol–water partition coefficient (Wildman–Crippen LogP) is 4.65. The van der Waals surface area contributed by atoms with Crippen LogP contribution in [0.15, 0.2) is 48.5 Å². The molecule has 0 radical (unpaired) electrons. The molecule has 0 atom stereocenters. The quantitative estimate of drug-likeness (QED) is 0.824. The molecule has 2 aromatic carbocycles. The second-order valence-electron chi connectivity index (χ2n) is 5.18. The Morgan fingerprint density at radius 3 is 2.35 bits per heavy atom. The monoisotopic (exact) mass is 269 g/mol. The highest BCUT2D eigenvalue weighted by atomic mass is 16.5. The minimum absolute atomic E-state index is 0.194. The molecule has 106 valence electrons. The summed E-state index contributed by atoms with van der Waals surface area (Å²) in [7, 11) is 0. The van der Waals surface area contributed by atoms with Crippen LogP contribution in [0.2, 0.25) is 0 Å². The number of rotatable bonds is 6. The Labute approximate surface area is 121 Å². The van der Waals surface area contributed by atoms with Crippen LogP contribution in [-0.4, -0.2) is 6.10 Å². The minimum atomic E-state index is 0.194. The van der Waals surface area contributed by atoms with Gasteiger partial charge in [0, 0.05) is 17.8 Å². The number of hydrogen-bond acceptors (Lipinski definition) is 2. The summed E-state index contributed by atoms with van der Waals surface area (Å²) < 4.78 is 5.83. The average molecular weight is 269 g/mol. The maximum absolute atomic E-state index is 5.83. The Balaban J connectivity index is 2.02. The SMILES string of the molecule is CCc1ccc(NCc2ccccc2OC(C)C)cc1. The smallest absolute Gasteiger partial charge is 0.124 e. The molecular formula is C18H23NO. The lowest BCUT2D eigenvalue weighted by Crippen LogP contribution is -2.09. The molecule has 0 spiro atoms. The Hall–Kier alpha value is -1.96. The topological polar surface area (TPSA) is 21.3 Å². The molecule has 0 aliphatic carbocycles. The van der Waals surface area contributed by atoms with Crippen LogP contribution in [-0.2, 0) is 13.0 Å². The summed E-state index contributed by atoms with van der Waals surface area (Å²) >= 11 is 0. The molecule has 0 unspecified atom stereocenters. The maximum atomic E-state index is 5.83. The van der Waals surface area contributed by atoms with E-state index in [-0.39, 0.29) is 6.10 Å². The largest absolute Gasteiger partial charge is 0.491 e. The van der Waals surface area contributed by atoms with Gasteiger partial charge in [-0.3, -0.25) is 0 Å². The number of hydrogen-bond donors (Lipinski definition) is 1. The highest BCUT2D eigenvalue weighted by molar-refractivity contribution is 5.46. The number of anilines is 1. The van der Waals surface area contributed by atoms with Crippen molar-refractivity contribution in [1.82, 2.24) is 0 Å². The highest BCUT2D eigenvalue weighted by Crippen LogP contribution is 2.21. The minimum Gasteiger partial charge on any atom is -0.491 e. The fourth-order valence-electron chi connectivity index (χ4n) is 2.07. The van der Waals surface area contributed by atoms with E-state index in [1.807, 2.05) is 32.0 Å². The summed E-state index contributed by atoms with van der Waals surface area (Å²) in [6.45, 7) is 7.04. The lowest BCUT2D eigenvalue weighted by Gasteiger charge is -2.15. The summed E-state index contributed by atoms with van der Waals surface area (Å²) in [6, 6.07) is 16.8. The molecular weight excluding hydrogens is 246 g/mol. The molecule has 0 saturated heterocycles. The van der Waals surface area contributed by atoms with Gasteiger partial charge in [0.05, 0.1) is 6.10 Å². The van der Waals surface area contributed by atoms with Crippen LogP contribution >= 0.6 is 0 Å². The zero-order chi connectivity index (χ0) is 14.4. The molecule has 0 aliphatic rings. The molecule has 0 fully saturated rings. The molecule has 2 nitrogen and oxygen atoms in total. The van der Waals surface area contributed by atoms with Crippen molar-refractivity contribution in [2.75, 3.05) is 5.32 Å². The van der Waals surface area contributed by atoms with Gasteiger partial charge >= 0.3 is 0 Å². The molecule has 0 heterocycles. The molecule has 2 aromatic rings. The number of ether oxygens (including phenoxy) is 1. The highest BCUT2D eigenvalue weighted by Gasteiger charge is 2.04.